The summed E-state index contributed by atoms with van der Waals surface area (Å²) in [6.45, 7) is 0. The molecule has 0 fully saturated rings. The molecule has 1 aromatic carbocycles. The molecule has 3 rings (SSSR count). The summed E-state index contributed by atoms with van der Waals surface area (Å²) in [4.78, 5) is 29.3. The van der Waals surface area contributed by atoms with Crippen molar-refractivity contribution in [2.24, 2.45) is 0 Å². The van der Waals surface area contributed by atoms with Gasteiger partial charge in [-0.1, -0.05) is 27.3 Å². The predicted octanol–water partition coefficient (Wildman–Crippen LogP) is 3.72. The van der Waals surface area contributed by atoms with Crippen LogP contribution >= 0.6 is 27.3 Å². The van der Waals surface area contributed by atoms with Crippen molar-refractivity contribution in [1.29, 1.82) is 5.26 Å². The minimum absolute atomic E-state index is 0.0247. The van der Waals surface area contributed by atoms with Crippen molar-refractivity contribution in [3.05, 3.63) is 66.0 Å². The molecule has 2 heterocycles. The second-order valence-electron chi connectivity index (χ2n) is 4.72. The van der Waals surface area contributed by atoms with Crippen LogP contribution in [0.4, 0.5) is 5.00 Å². The van der Waals surface area contributed by atoms with Crippen molar-refractivity contribution in [2.75, 3.05) is 0 Å². The Kier molecular flexibility index (Phi) is 4.24. The molecule has 9 heteroatoms. The molecule has 0 radical (unpaired) electrons. The van der Waals surface area contributed by atoms with Crippen LogP contribution in [0, 0.1) is 21.4 Å². The molecule has 0 aliphatic carbocycles. The zero-order valence-corrected chi connectivity index (χ0v) is 14.2. The quantitative estimate of drug-likeness (QED) is 0.407. The third-order valence-electron chi connectivity index (χ3n) is 3.14. The number of nitrogens with zero attached hydrogens (tertiary/aromatic N) is 3. The molecule has 3 aromatic rings. The van der Waals surface area contributed by atoms with Crippen molar-refractivity contribution < 1.29 is 4.92 Å². The van der Waals surface area contributed by atoms with Gasteiger partial charge in [0.15, 0.2) is 5.82 Å². The molecular formula is C15H7BrN4O3S. The van der Waals surface area contributed by atoms with E-state index in [-0.39, 0.29) is 22.0 Å². The zero-order chi connectivity index (χ0) is 17.3. The van der Waals surface area contributed by atoms with E-state index < -0.39 is 4.92 Å². The molecule has 7 nitrogen and oxygen atoms in total. The minimum Gasteiger partial charge on any atom is -0.305 e. The number of nitrogens with one attached hydrogen (secondary N) is 1. The molecule has 118 valence electrons. The predicted molar refractivity (Wildman–Crippen MR) is 94.5 cm³/mol. The van der Waals surface area contributed by atoms with Crippen LogP contribution in [0.15, 0.2) is 38.9 Å². The van der Waals surface area contributed by atoms with Gasteiger partial charge in [0.25, 0.3) is 5.56 Å². The number of aromatic amines is 1. The maximum absolute atomic E-state index is 12.2. The molecule has 0 unspecified atom stereocenters. The molecule has 0 saturated carbocycles. The summed E-state index contributed by atoms with van der Waals surface area (Å²) in [7, 11) is 0. The topological polar surface area (TPSA) is 113 Å². The molecule has 0 spiro atoms. The van der Waals surface area contributed by atoms with E-state index in [4.69, 9.17) is 0 Å². The van der Waals surface area contributed by atoms with Gasteiger partial charge in [0, 0.05) is 15.9 Å². The number of hydrogen-bond acceptors (Lipinski definition) is 6. The summed E-state index contributed by atoms with van der Waals surface area (Å²) in [5.74, 6) is 0.117. The maximum atomic E-state index is 12.2. The van der Waals surface area contributed by atoms with Gasteiger partial charge in [-0.05, 0) is 29.8 Å². The Morgan fingerprint density at radius 3 is 2.92 bits per heavy atom. The molecule has 0 amide bonds. The third-order valence-corrected chi connectivity index (χ3v) is 4.53. The van der Waals surface area contributed by atoms with E-state index in [0.717, 1.165) is 15.8 Å². The number of aromatic nitrogens is 2. The normalized spacial score (nSPS) is 11.4. The summed E-state index contributed by atoms with van der Waals surface area (Å²) < 4.78 is 0.747. The van der Waals surface area contributed by atoms with Crippen LogP contribution in [0.5, 0.6) is 0 Å². The monoisotopic (exact) mass is 402 g/mol. The number of H-pyrrole nitrogens is 1. The number of nitriles is 1. The number of allylic oxidation sites excluding steroid dienone is 1. The van der Waals surface area contributed by atoms with Gasteiger partial charge < -0.3 is 4.98 Å². The SMILES string of the molecule is N#C/C(=C\c1csc([N+](=O)[O-])c1)c1nc2ccc(Br)cc2c(=O)[nH]1. The van der Waals surface area contributed by atoms with Crippen LogP contribution in [-0.2, 0) is 0 Å². The van der Waals surface area contributed by atoms with Crippen molar-refractivity contribution in [1.82, 2.24) is 9.97 Å². The van der Waals surface area contributed by atoms with Crippen LogP contribution in [0.3, 0.4) is 0 Å². The lowest BCUT2D eigenvalue weighted by Crippen LogP contribution is -2.11. The molecule has 0 saturated heterocycles. The van der Waals surface area contributed by atoms with Crippen LogP contribution in [-0.4, -0.2) is 14.9 Å². The lowest BCUT2D eigenvalue weighted by Gasteiger charge is -2.02. The van der Waals surface area contributed by atoms with Crippen molar-refractivity contribution >= 4 is 54.8 Å². The maximum Gasteiger partial charge on any atom is 0.324 e. The van der Waals surface area contributed by atoms with Gasteiger partial charge in [-0.25, -0.2) is 4.98 Å². The largest absolute Gasteiger partial charge is 0.324 e. The van der Waals surface area contributed by atoms with E-state index in [2.05, 4.69) is 25.9 Å². The molecule has 24 heavy (non-hydrogen) atoms. The van der Waals surface area contributed by atoms with Crippen molar-refractivity contribution in [3.8, 4) is 6.07 Å². The molecule has 2 aromatic heterocycles. The fourth-order valence-corrected chi connectivity index (χ4v) is 3.11. The highest BCUT2D eigenvalue weighted by atomic mass is 79.9. The highest BCUT2D eigenvalue weighted by molar-refractivity contribution is 9.10. The van der Waals surface area contributed by atoms with Gasteiger partial charge in [-0.2, -0.15) is 5.26 Å². The standard InChI is InChI=1S/C15H7BrN4O3S/c16-10-1-2-12-11(5-10)15(21)19-14(18-12)9(6-17)3-8-4-13(20(22)23)24-7-8/h1-5,7H,(H,18,19,21)/b9-3+. The first kappa shape index (κ1) is 16.0. The van der Waals surface area contributed by atoms with Crippen LogP contribution in [0.1, 0.15) is 11.4 Å². The first-order valence-electron chi connectivity index (χ1n) is 6.52. The summed E-state index contributed by atoms with van der Waals surface area (Å²) in [5, 5.41) is 22.0. The number of hydrogen-bond donors (Lipinski definition) is 1. The molecular weight excluding hydrogens is 396 g/mol. The van der Waals surface area contributed by atoms with Gasteiger partial charge in [0.05, 0.1) is 21.4 Å². The summed E-state index contributed by atoms with van der Waals surface area (Å²) >= 11 is 4.25. The summed E-state index contributed by atoms with van der Waals surface area (Å²) in [6, 6.07) is 8.38. The Hall–Kier alpha value is -2.83. The van der Waals surface area contributed by atoms with Gasteiger partial charge in [0.1, 0.15) is 6.07 Å². The van der Waals surface area contributed by atoms with Gasteiger partial charge in [0.2, 0.25) is 0 Å². The minimum atomic E-state index is -0.498. The zero-order valence-electron chi connectivity index (χ0n) is 11.8. The Morgan fingerprint density at radius 2 is 2.25 bits per heavy atom. The van der Waals surface area contributed by atoms with Gasteiger partial charge in [-0.15, -0.1) is 0 Å². The van der Waals surface area contributed by atoms with Crippen molar-refractivity contribution in [3.63, 3.8) is 0 Å². The van der Waals surface area contributed by atoms with Crippen LogP contribution < -0.4 is 5.56 Å². The van der Waals surface area contributed by atoms with E-state index in [1.807, 2.05) is 6.07 Å². The number of fused-ring (bicyclic) bond motifs is 1. The Labute approximate surface area is 147 Å². The fourth-order valence-electron chi connectivity index (χ4n) is 2.07. The smallest absolute Gasteiger partial charge is 0.305 e. The average molecular weight is 403 g/mol. The van der Waals surface area contributed by atoms with Gasteiger partial charge >= 0.3 is 5.00 Å². The molecule has 0 aliphatic rings. The molecule has 0 aliphatic heterocycles. The molecule has 0 atom stereocenters. The average Bonchev–Trinajstić information content (AvgIpc) is 3.02. The fraction of sp³-hybridized carbons (Fsp3) is 0. The van der Waals surface area contributed by atoms with E-state index in [1.54, 1.807) is 23.6 Å². The highest BCUT2D eigenvalue weighted by Crippen LogP contribution is 2.25. The molecule has 1 N–H and O–H groups in total. The third kappa shape index (κ3) is 3.10. The van der Waals surface area contributed by atoms with Crippen LogP contribution in [0.25, 0.3) is 22.6 Å². The second-order valence-corrected chi connectivity index (χ2v) is 6.53. The van der Waals surface area contributed by atoms with Crippen LogP contribution in [0.2, 0.25) is 0 Å². The summed E-state index contributed by atoms with van der Waals surface area (Å²) in [6.07, 6.45) is 1.45. The number of benzene rings is 1. The second kappa shape index (κ2) is 6.35. The first-order valence-corrected chi connectivity index (χ1v) is 8.20. The number of nitro groups is 1. The van der Waals surface area contributed by atoms with E-state index in [1.165, 1.54) is 12.1 Å². The lowest BCUT2D eigenvalue weighted by atomic mass is 10.1. The Morgan fingerprint density at radius 1 is 1.46 bits per heavy atom. The molecule has 0 bridgehead atoms. The van der Waals surface area contributed by atoms with E-state index in [9.17, 15) is 20.2 Å². The first-order chi connectivity index (χ1) is 11.5. The lowest BCUT2D eigenvalue weighted by molar-refractivity contribution is -0.380. The Balaban J connectivity index is 2.11. The number of rotatable bonds is 3. The van der Waals surface area contributed by atoms with E-state index >= 15 is 0 Å². The number of halogens is 1. The van der Waals surface area contributed by atoms with Gasteiger partial charge in [-0.3, -0.25) is 14.9 Å². The van der Waals surface area contributed by atoms with E-state index in [0.29, 0.717) is 16.5 Å². The highest BCUT2D eigenvalue weighted by Gasteiger charge is 2.12. The number of thiophene rings is 1. The summed E-state index contributed by atoms with van der Waals surface area (Å²) in [5.41, 5.74) is 0.703. The Bertz CT molecular complexity index is 1090. The van der Waals surface area contributed by atoms with Crippen molar-refractivity contribution in [2.45, 2.75) is 0 Å².